The number of benzene rings is 1. The van der Waals surface area contributed by atoms with Crippen LogP contribution in [0, 0.1) is 5.92 Å². The van der Waals surface area contributed by atoms with Crippen LogP contribution in [0.2, 0.25) is 0 Å². The van der Waals surface area contributed by atoms with E-state index in [0.29, 0.717) is 24.9 Å². The Labute approximate surface area is 123 Å². The third-order valence-electron chi connectivity index (χ3n) is 3.56. The zero-order chi connectivity index (χ0) is 15.0. The van der Waals surface area contributed by atoms with Crippen LogP contribution in [-0.2, 0) is 4.79 Å². The van der Waals surface area contributed by atoms with Crippen LogP contribution in [0.4, 0.5) is 0 Å². The highest BCUT2D eigenvalue weighted by Gasteiger charge is 2.15. The van der Waals surface area contributed by atoms with Crippen LogP contribution in [0.25, 0.3) is 0 Å². The summed E-state index contributed by atoms with van der Waals surface area (Å²) < 4.78 is 0. The quantitative estimate of drug-likeness (QED) is 0.765. The molecule has 0 saturated carbocycles. The van der Waals surface area contributed by atoms with Crippen molar-refractivity contribution in [3.8, 4) is 0 Å². The molecule has 1 rings (SSSR count). The molecule has 2 N–H and O–H groups in total. The van der Waals surface area contributed by atoms with Crippen LogP contribution in [0.3, 0.4) is 0 Å². The van der Waals surface area contributed by atoms with E-state index >= 15 is 0 Å². The molecule has 0 aliphatic heterocycles. The fourth-order valence-electron chi connectivity index (χ4n) is 2.19. The second-order valence-corrected chi connectivity index (χ2v) is 5.71. The minimum Gasteiger partial charge on any atom is -0.354 e. The summed E-state index contributed by atoms with van der Waals surface area (Å²) in [4.78, 5) is 11.7. The van der Waals surface area contributed by atoms with Gasteiger partial charge in [-0.05, 0) is 24.8 Å². The first-order valence-electron chi connectivity index (χ1n) is 7.62. The van der Waals surface area contributed by atoms with E-state index < -0.39 is 0 Å². The Morgan fingerprint density at radius 3 is 2.35 bits per heavy atom. The van der Waals surface area contributed by atoms with Gasteiger partial charge in [-0.25, -0.2) is 0 Å². The maximum atomic E-state index is 11.7. The Hall–Kier alpha value is -1.35. The lowest BCUT2D eigenvalue weighted by Gasteiger charge is -2.23. The van der Waals surface area contributed by atoms with Crippen LogP contribution in [0.5, 0.6) is 0 Å². The Balaban J connectivity index is 2.43. The van der Waals surface area contributed by atoms with E-state index in [4.69, 9.17) is 0 Å². The summed E-state index contributed by atoms with van der Waals surface area (Å²) in [6, 6.07) is 11.0. The summed E-state index contributed by atoms with van der Waals surface area (Å²) in [6.45, 7) is 9.22. The first-order chi connectivity index (χ1) is 9.54. The monoisotopic (exact) mass is 276 g/mol. The number of hydrogen-bond acceptors (Lipinski definition) is 2. The molecule has 0 aliphatic rings. The van der Waals surface area contributed by atoms with Gasteiger partial charge in [0.25, 0.3) is 0 Å². The van der Waals surface area contributed by atoms with Crippen molar-refractivity contribution in [1.82, 2.24) is 10.6 Å². The normalized spacial score (nSPS) is 14.1. The number of carbonyl (C=O) groups excluding carboxylic acids is 1. The molecule has 3 nitrogen and oxygen atoms in total. The molecular weight excluding hydrogens is 248 g/mol. The molecule has 112 valence electrons. The molecule has 0 aliphatic carbocycles. The molecule has 0 radical (unpaired) electrons. The van der Waals surface area contributed by atoms with Crippen molar-refractivity contribution in [1.29, 1.82) is 0 Å². The van der Waals surface area contributed by atoms with Crippen molar-refractivity contribution in [2.75, 3.05) is 6.54 Å². The highest BCUT2D eigenvalue weighted by Crippen LogP contribution is 2.20. The summed E-state index contributed by atoms with van der Waals surface area (Å²) in [5.74, 6) is 0.623. The molecule has 1 aromatic rings. The van der Waals surface area contributed by atoms with Gasteiger partial charge < -0.3 is 10.6 Å². The SMILES string of the molecule is CCC(C)NC(=O)CCNC(c1ccccc1)C(C)C. The van der Waals surface area contributed by atoms with Crippen molar-refractivity contribution in [2.45, 2.75) is 52.6 Å². The third-order valence-corrected chi connectivity index (χ3v) is 3.56. The minimum absolute atomic E-state index is 0.127. The first kappa shape index (κ1) is 16.7. The van der Waals surface area contributed by atoms with Crippen LogP contribution >= 0.6 is 0 Å². The van der Waals surface area contributed by atoms with E-state index in [1.165, 1.54) is 5.56 Å². The lowest BCUT2D eigenvalue weighted by molar-refractivity contribution is -0.121. The predicted octanol–water partition coefficient (Wildman–Crippen LogP) is 3.28. The summed E-state index contributed by atoms with van der Waals surface area (Å²) in [5.41, 5.74) is 1.28. The maximum Gasteiger partial charge on any atom is 0.221 e. The average molecular weight is 276 g/mol. The van der Waals surface area contributed by atoms with E-state index in [0.717, 1.165) is 6.42 Å². The first-order valence-corrected chi connectivity index (χ1v) is 7.62. The topological polar surface area (TPSA) is 41.1 Å². The number of nitrogens with one attached hydrogen (secondary N) is 2. The summed E-state index contributed by atoms with van der Waals surface area (Å²) >= 11 is 0. The standard InChI is InChI=1S/C17H28N2O/c1-5-14(4)19-16(20)11-12-18-17(13(2)3)15-9-7-6-8-10-15/h6-10,13-14,17-18H,5,11-12H2,1-4H3,(H,19,20). The van der Waals surface area contributed by atoms with Gasteiger partial charge in [-0.1, -0.05) is 51.1 Å². The van der Waals surface area contributed by atoms with Crippen LogP contribution in [0.15, 0.2) is 30.3 Å². The van der Waals surface area contributed by atoms with Gasteiger partial charge in [-0.2, -0.15) is 0 Å². The highest BCUT2D eigenvalue weighted by molar-refractivity contribution is 5.76. The van der Waals surface area contributed by atoms with E-state index in [2.05, 4.69) is 55.7 Å². The minimum atomic E-state index is 0.127. The second kappa shape index (κ2) is 8.75. The second-order valence-electron chi connectivity index (χ2n) is 5.71. The van der Waals surface area contributed by atoms with Gasteiger partial charge in [-0.3, -0.25) is 4.79 Å². The van der Waals surface area contributed by atoms with Crippen LogP contribution < -0.4 is 10.6 Å². The van der Waals surface area contributed by atoms with Gasteiger partial charge >= 0.3 is 0 Å². The smallest absolute Gasteiger partial charge is 0.221 e. The Morgan fingerprint density at radius 1 is 1.15 bits per heavy atom. The van der Waals surface area contributed by atoms with Crippen LogP contribution in [-0.4, -0.2) is 18.5 Å². The van der Waals surface area contributed by atoms with Crippen LogP contribution in [0.1, 0.15) is 52.1 Å². The largest absolute Gasteiger partial charge is 0.354 e. The third kappa shape index (κ3) is 5.74. The van der Waals surface area contributed by atoms with Gasteiger partial charge in [0.2, 0.25) is 5.91 Å². The molecule has 1 aromatic carbocycles. The van der Waals surface area contributed by atoms with Crippen molar-refractivity contribution < 1.29 is 4.79 Å². The molecule has 0 heterocycles. The van der Waals surface area contributed by atoms with E-state index in [-0.39, 0.29) is 11.9 Å². The lowest BCUT2D eigenvalue weighted by atomic mass is 9.96. The van der Waals surface area contributed by atoms with Gasteiger partial charge in [-0.15, -0.1) is 0 Å². The zero-order valence-corrected chi connectivity index (χ0v) is 13.1. The van der Waals surface area contributed by atoms with Gasteiger partial charge in [0, 0.05) is 25.0 Å². The summed E-state index contributed by atoms with van der Waals surface area (Å²) in [7, 11) is 0. The van der Waals surface area contributed by atoms with E-state index in [1.807, 2.05) is 13.0 Å². The predicted molar refractivity (Wildman–Crippen MR) is 84.5 cm³/mol. The van der Waals surface area contributed by atoms with Crippen molar-refractivity contribution in [3.63, 3.8) is 0 Å². The zero-order valence-electron chi connectivity index (χ0n) is 13.1. The van der Waals surface area contributed by atoms with E-state index in [9.17, 15) is 4.79 Å². The molecule has 0 saturated heterocycles. The van der Waals surface area contributed by atoms with Crippen molar-refractivity contribution in [2.24, 2.45) is 5.92 Å². The molecule has 1 amide bonds. The number of rotatable bonds is 8. The van der Waals surface area contributed by atoms with Crippen molar-refractivity contribution in [3.05, 3.63) is 35.9 Å². The molecular formula is C17H28N2O. The van der Waals surface area contributed by atoms with E-state index in [1.54, 1.807) is 0 Å². The molecule has 0 bridgehead atoms. The summed E-state index contributed by atoms with van der Waals surface area (Å²) in [5, 5.41) is 6.49. The molecule has 3 heteroatoms. The highest BCUT2D eigenvalue weighted by atomic mass is 16.1. The Morgan fingerprint density at radius 2 is 1.80 bits per heavy atom. The van der Waals surface area contributed by atoms with Gasteiger partial charge in [0.15, 0.2) is 0 Å². The molecule has 2 unspecified atom stereocenters. The maximum absolute atomic E-state index is 11.7. The number of amides is 1. The number of carbonyl (C=O) groups is 1. The average Bonchev–Trinajstić information content (AvgIpc) is 2.44. The molecule has 0 aromatic heterocycles. The van der Waals surface area contributed by atoms with Gasteiger partial charge in [0.05, 0.1) is 0 Å². The summed E-state index contributed by atoms with van der Waals surface area (Å²) in [6.07, 6.45) is 1.50. The molecule has 0 spiro atoms. The van der Waals surface area contributed by atoms with Crippen molar-refractivity contribution >= 4 is 5.91 Å². The Kier molecular flexibility index (Phi) is 7.31. The fourth-order valence-corrected chi connectivity index (χ4v) is 2.19. The Bertz CT molecular complexity index is 389. The lowest BCUT2D eigenvalue weighted by Crippen LogP contribution is -2.35. The fraction of sp³-hybridized carbons (Fsp3) is 0.588. The molecule has 2 atom stereocenters. The molecule has 0 fully saturated rings. The number of hydrogen-bond donors (Lipinski definition) is 2. The van der Waals surface area contributed by atoms with Gasteiger partial charge in [0.1, 0.15) is 0 Å². The molecule has 20 heavy (non-hydrogen) atoms.